The van der Waals surface area contributed by atoms with E-state index in [1.807, 2.05) is 0 Å². The maximum absolute atomic E-state index is 10.3. The molecule has 0 heterocycles. The van der Waals surface area contributed by atoms with E-state index in [-0.39, 0.29) is 18.8 Å². The van der Waals surface area contributed by atoms with Crippen LogP contribution >= 0.6 is 0 Å². The van der Waals surface area contributed by atoms with Gasteiger partial charge in [0, 0.05) is 13.8 Å². The summed E-state index contributed by atoms with van der Waals surface area (Å²) in [5, 5.41) is 25.0. The van der Waals surface area contributed by atoms with Crippen LogP contribution in [-0.2, 0) is 0 Å². The lowest BCUT2D eigenvalue weighted by atomic mass is 10.1. The van der Waals surface area contributed by atoms with Crippen molar-refractivity contribution in [1.82, 2.24) is 0 Å². The fourth-order valence-corrected chi connectivity index (χ4v) is 1.92. The molecule has 0 aromatic heterocycles. The van der Waals surface area contributed by atoms with Gasteiger partial charge in [-0.2, -0.15) is 4.91 Å². The van der Waals surface area contributed by atoms with Gasteiger partial charge < -0.3 is 10.4 Å². The Morgan fingerprint density at radius 1 is 0.870 bits per heavy atom. The van der Waals surface area contributed by atoms with Crippen LogP contribution < -0.4 is 0 Å². The second kappa shape index (κ2) is 20.7. The van der Waals surface area contributed by atoms with Gasteiger partial charge in [0.05, 0.1) is 6.54 Å². The van der Waals surface area contributed by atoms with Gasteiger partial charge in [0.25, 0.3) is 0 Å². The summed E-state index contributed by atoms with van der Waals surface area (Å²) in [6.07, 6.45) is 8.73. The van der Waals surface area contributed by atoms with Crippen molar-refractivity contribution in [3.63, 3.8) is 0 Å². The zero-order valence-electron chi connectivity index (χ0n) is 15.8. The molecule has 0 N–H and O–H groups in total. The fourth-order valence-electron chi connectivity index (χ4n) is 1.92. The molecule has 0 radical (unpaired) electrons. The lowest BCUT2D eigenvalue weighted by Gasteiger charge is -2.04. The first-order valence-corrected chi connectivity index (χ1v) is 8.51. The summed E-state index contributed by atoms with van der Waals surface area (Å²) in [7, 11) is 0. The van der Waals surface area contributed by atoms with Crippen LogP contribution in [0.5, 0.6) is 0 Å². The molecule has 0 spiro atoms. The molecule has 23 heavy (non-hydrogen) atoms. The minimum Gasteiger partial charge on any atom is -0.739 e. The van der Waals surface area contributed by atoms with Gasteiger partial charge in [0.2, 0.25) is 0 Å². The topological polar surface area (TPSA) is 90.9 Å². The van der Waals surface area contributed by atoms with Crippen molar-refractivity contribution >= 4 is 0 Å². The van der Waals surface area contributed by atoms with E-state index in [1.54, 1.807) is 0 Å². The number of hydrogen-bond acceptors (Lipinski definition) is 5. The zero-order valence-corrected chi connectivity index (χ0v) is 15.8. The fraction of sp³-hybridized carbons (Fsp3) is 0.941. The Kier molecular flexibility index (Phi) is 23.9. The van der Waals surface area contributed by atoms with E-state index in [9.17, 15) is 15.3 Å². The molecule has 0 aliphatic heterocycles. The van der Waals surface area contributed by atoms with Crippen LogP contribution in [0, 0.1) is 34.6 Å². The highest BCUT2D eigenvalue weighted by Gasteiger charge is 1.96. The Morgan fingerprint density at radius 3 is 1.74 bits per heavy atom. The van der Waals surface area contributed by atoms with Crippen molar-refractivity contribution < 1.29 is 4.86 Å². The molecule has 138 valence electrons. The van der Waals surface area contributed by atoms with E-state index >= 15 is 0 Å². The van der Waals surface area contributed by atoms with Gasteiger partial charge in [-0.05, 0) is 30.0 Å². The third kappa shape index (κ3) is 29.3. The maximum atomic E-state index is 10.3. The number of nitroso groups, excluding NO2 is 1. The Bertz CT molecular complexity index is 270. The second-order valence-corrected chi connectivity index (χ2v) is 6.50. The number of rotatable bonds is 12. The van der Waals surface area contributed by atoms with Crippen molar-refractivity contribution in [2.75, 3.05) is 13.1 Å². The molecule has 0 saturated heterocycles. The lowest BCUT2D eigenvalue weighted by molar-refractivity contribution is -0.526. The van der Waals surface area contributed by atoms with E-state index in [1.165, 1.54) is 19.3 Å². The minimum atomic E-state index is 0. The highest BCUT2D eigenvalue weighted by Crippen LogP contribution is 2.08. The summed E-state index contributed by atoms with van der Waals surface area (Å²) in [4.78, 5) is 9.86. The monoisotopic (exact) mass is 331 g/mol. The normalized spacial score (nSPS) is 11.0. The highest BCUT2D eigenvalue weighted by molar-refractivity contribution is 4.48. The quantitative estimate of drug-likeness (QED) is 0.108. The molecule has 0 atom stereocenters. The van der Waals surface area contributed by atoms with E-state index in [0.29, 0.717) is 6.54 Å². The smallest absolute Gasteiger partial charge is 0.180 e. The van der Waals surface area contributed by atoms with Gasteiger partial charge in [-0.3, -0.25) is 0 Å². The van der Waals surface area contributed by atoms with Gasteiger partial charge in [0.1, 0.15) is 0 Å². The molecule has 0 aliphatic rings. The molecule has 0 aliphatic carbocycles. The van der Waals surface area contributed by atoms with Crippen molar-refractivity contribution in [3.8, 4) is 0 Å². The number of unbranched alkanes of at least 4 members (excludes halogenated alkanes) is 4. The second-order valence-electron chi connectivity index (χ2n) is 6.50. The Morgan fingerprint density at radius 2 is 1.35 bits per heavy atom. The average Bonchev–Trinajstić information content (AvgIpc) is 2.46. The SMILES string of the molecule is CC(C)CCCCC/[N+]([O-])=N/[O-].CC(C)CCCCCN=O.[CH3+]. The van der Waals surface area contributed by atoms with E-state index < -0.39 is 0 Å². The molecule has 6 heteroatoms. The lowest BCUT2D eigenvalue weighted by Crippen LogP contribution is -2.01. The first-order valence-electron chi connectivity index (χ1n) is 8.51. The Balaban J connectivity index is -0.000000338. The van der Waals surface area contributed by atoms with Crippen molar-refractivity contribution in [1.29, 1.82) is 0 Å². The van der Waals surface area contributed by atoms with Gasteiger partial charge in [-0.25, -0.2) is 0 Å². The Labute approximate surface area is 142 Å². The molecule has 0 saturated carbocycles. The molecule has 0 bridgehead atoms. The van der Waals surface area contributed by atoms with Crippen molar-refractivity contribution in [2.24, 2.45) is 22.3 Å². The van der Waals surface area contributed by atoms with Crippen LogP contribution in [0.2, 0.25) is 0 Å². The van der Waals surface area contributed by atoms with E-state index in [0.717, 1.165) is 43.9 Å². The number of hydrogen-bond donors (Lipinski definition) is 0. The molecule has 0 rings (SSSR count). The molecule has 0 aromatic rings. The molecular weight excluding hydrogens is 294 g/mol. The first kappa shape index (κ1) is 26.6. The largest absolute Gasteiger partial charge is 0.739 e. The molecule has 0 aromatic carbocycles. The van der Waals surface area contributed by atoms with Gasteiger partial charge >= 0.3 is 0 Å². The van der Waals surface area contributed by atoms with E-state index in [2.05, 4.69) is 38.1 Å². The van der Waals surface area contributed by atoms with E-state index in [4.69, 9.17) is 0 Å². The van der Waals surface area contributed by atoms with Crippen LogP contribution in [0.15, 0.2) is 10.5 Å². The predicted molar refractivity (Wildman–Crippen MR) is 98.0 cm³/mol. The first-order chi connectivity index (χ1) is 10.4. The predicted octanol–water partition coefficient (Wildman–Crippen LogP) is 6.08. The summed E-state index contributed by atoms with van der Waals surface area (Å²) in [6, 6.07) is 0. The van der Waals surface area contributed by atoms with Crippen LogP contribution in [0.1, 0.15) is 79.1 Å². The molecule has 0 unspecified atom stereocenters. The van der Waals surface area contributed by atoms with Crippen molar-refractivity contribution in [3.05, 3.63) is 22.7 Å². The maximum Gasteiger partial charge on any atom is 0.180 e. The Hall–Kier alpha value is -1.33. The van der Waals surface area contributed by atoms with Crippen LogP contribution in [-0.4, -0.2) is 18.0 Å². The molecule has 0 amide bonds. The summed E-state index contributed by atoms with van der Waals surface area (Å²) in [6.45, 7) is 9.52. The summed E-state index contributed by atoms with van der Waals surface area (Å²) < 4.78 is 0. The summed E-state index contributed by atoms with van der Waals surface area (Å²) >= 11 is 0. The van der Waals surface area contributed by atoms with Crippen LogP contribution in [0.25, 0.3) is 0 Å². The summed E-state index contributed by atoms with van der Waals surface area (Å²) in [5.74, 6) is 1.52. The summed E-state index contributed by atoms with van der Waals surface area (Å²) in [5.41, 5.74) is 0. The number of hydroxylamine groups is 1. The average molecular weight is 332 g/mol. The third-order valence-electron chi connectivity index (χ3n) is 3.25. The minimum absolute atomic E-state index is 0. The molecule has 0 fully saturated rings. The van der Waals surface area contributed by atoms with Crippen LogP contribution in [0.3, 0.4) is 0 Å². The standard InChI is InChI=1S/C8H18N2O2.C8H17NO.CH3/c1-8(2)6-4-3-5-7-10(12)9-11;1-8(2)6-4-3-5-7-9-10;/h8,11H,3-7H2,1-2H3;8H,3-7H2,1-2H3;1H3/q;;+1/p-1/b10-9-;;. The van der Waals surface area contributed by atoms with Gasteiger partial charge in [-0.1, -0.05) is 69.8 Å². The third-order valence-corrected chi connectivity index (χ3v) is 3.25. The van der Waals surface area contributed by atoms with Crippen molar-refractivity contribution in [2.45, 2.75) is 79.1 Å². The highest BCUT2D eigenvalue weighted by atomic mass is 16.6. The van der Waals surface area contributed by atoms with Gasteiger partial charge in [-0.15, -0.1) is 0 Å². The van der Waals surface area contributed by atoms with Crippen LogP contribution in [0.4, 0.5) is 0 Å². The number of nitrogens with zero attached hydrogens (tertiary/aromatic N) is 3. The molecule has 6 nitrogen and oxygen atoms in total. The zero-order chi connectivity index (χ0) is 17.2. The van der Waals surface area contributed by atoms with Gasteiger partial charge in [0.15, 0.2) is 6.54 Å². The molecular formula is C17H37N3O3.